The molecule has 1 fully saturated rings. The maximum Gasteiger partial charge on any atom is 0.246 e. The third-order valence-corrected chi connectivity index (χ3v) is 7.10. The first kappa shape index (κ1) is 22.0. The molecule has 0 aliphatic carbocycles. The smallest absolute Gasteiger partial charge is 0.246 e. The fourth-order valence-corrected chi connectivity index (χ4v) is 5.15. The number of para-hydroxylation sites is 1. The number of nitrogens with zero attached hydrogens (tertiary/aromatic N) is 3. The van der Waals surface area contributed by atoms with Crippen molar-refractivity contribution >= 4 is 46.3 Å². The van der Waals surface area contributed by atoms with E-state index in [0.717, 1.165) is 59.1 Å². The number of hydrogen-bond donors (Lipinski definition) is 0. The SMILES string of the molecule is Cc1nc(COc2ccccc2C=CC(=O)N2CCN(Cc3ccc(Cl)s3)CC2)cs1. The van der Waals surface area contributed by atoms with Crippen LogP contribution in [0.3, 0.4) is 0 Å². The summed E-state index contributed by atoms with van der Waals surface area (Å²) in [5.74, 6) is 0.778. The van der Waals surface area contributed by atoms with Crippen LogP contribution in [-0.2, 0) is 17.9 Å². The normalized spacial score (nSPS) is 15.0. The largest absolute Gasteiger partial charge is 0.487 e. The average Bonchev–Trinajstić information content (AvgIpc) is 3.39. The molecule has 4 rings (SSSR count). The highest BCUT2D eigenvalue weighted by Gasteiger charge is 2.20. The highest BCUT2D eigenvalue weighted by Crippen LogP contribution is 2.24. The van der Waals surface area contributed by atoms with E-state index in [0.29, 0.717) is 6.61 Å². The summed E-state index contributed by atoms with van der Waals surface area (Å²) in [6.07, 6.45) is 3.48. The van der Waals surface area contributed by atoms with E-state index in [1.165, 1.54) is 4.88 Å². The Morgan fingerprint density at radius 2 is 2.00 bits per heavy atom. The van der Waals surface area contributed by atoms with Crippen molar-refractivity contribution in [1.82, 2.24) is 14.8 Å². The van der Waals surface area contributed by atoms with Crippen LogP contribution in [0.4, 0.5) is 0 Å². The van der Waals surface area contributed by atoms with Crippen LogP contribution in [0.25, 0.3) is 6.08 Å². The topological polar surface area (TPSA) is 45.7 Å². The lowest BCUT2D eigenvalue weighted by atomic mass is 10.2. The lowest BCUT2D eigenvalue weighted by molar-refractivity contribution is -0.127. The number of thiazole rings is 1. The molecule has 1 saturated heterocycles. The van der Waals surface area contributed by atoms with Gasteiger partial charge < -0.3 is 9.64 Å². The van der Waals surface area contributed by atoms with E-state index in [4.69, 9.17) is 16.3 Å². The molecule has 0 spiro atoms. The van der Waals surface area contributed by atoms with Gasteiger partial charge in [-0.3, -0.25) is 9.69 Å². The summed E-state index contributed by atoms with van der Waals surface area (Å²) < 4.78 is 6.76. The second-order valence-electron chi connectivity index (χ2n) is 7.32. The van der Waals surface area contributed by atoms with Crippen molar-refractivity contribution in [3.63, 3.8) is 0 Å². The Morgan fingerprint density at radius 1 is 1.19 bits per heavy atom. The summed E-state index contributed by atoms with van der Waals surface area (Å²) in [5, 5.41) is 3.03. The number of piperazine rings is 1. The van der Waals surface area contributed by atoms with Crippen molar-refractivity contribution in [2.75, 3.05) is 26.2 Å². The number of amides is 1. The minimum Gasteiger partial charge on any atom is -0.487 e. The molecule has 0 atom stereocenters. The summed E-state index contributed by atoms with van der Waals surface area (Å²) in [7, 11) is 0. The van der Waals surface area contributed by atoms with Crippen LogP contribution >= 0.6 is 34.3 Å². The van der Waals surface area contributed by atoms with Crippen LogP contribution in [0.5, 0.6) is 5.75 Å². The zero-order valence-corrected chi connectivity index (χ0v) is 19.7. The molecule has 31 heavy (non-hydrogen) atoms. The lowest BCUT2D eigenvalue weighted by Crippen LogP contribution is -2.47. The molecule has 1 aromatic carbocycles. The average molecular weight is 474 g/mol. The van der Waals surface area contributed by atoms with E-state index in [1.54, 1.807) is 28.7 Å². The number of rotatable bonds is 7. The first-order chi connectivity index (χ1) is 15.1. The second-order valence-corrected chi connectivity index (χ2v) is 10.2. The van der Waals surface area contributed by atoms with Crippen LogP contribution in [0.2, 0.25) is 4.34 Å². The van der Waals surface area contributed by atoms with Crippen LogP contribution in [0.1, 0.15) is 21.1 Å². The fraction of sp³-hybridized carbons (Fsp3) is 0.304. The van der Waals surface area contributed by atoms with Crippen molar-refractivity contribution in [3.05, 3.63) is 73.3 Å². The van der Waals surface area contributed by atoms with Gasteiger partial charge in [-0.15, -0.1) is 22.7 Å². The molecular weight excluding hydrogens is 450 g/mol. The number of aryl methyl sites for hydroxylation is 1. The third-order valence-electron chi connectivity index (χ3n) is 5.06. The summed E-state index contributed by atoms with van der Waals surface area (Å²) in [4.78, 5) is 22.6. The molecule has 162 valence electrons. The number of thiophene rings is 1. The number of hydrogen-bond acceptors (Lipinski definition) is 6. The van der Waals surface area contributed by atoms with E-state index in [2.05, 4.69) is 16.0 Å². The Hall–Kier alpha value is -2.19. The molecule has 1 aliphatic heterocycles. The van der Waals surface area contributed by atoms with Crippen molar-refractivity contribution in [1.29, 1.82) is 0 Å². The fourth-order valence-electron chi connectivity index (χ4n) is 3.43. The Morgan fingerprint density at radius 3 is 2.71 bits per heavy atom. The summed E-state index contributed by atoms with van der Waals surface area (Å²) in [5.41, 5.74) is 1.80. The predicted molar refractivity (Wildman–Crippen MR) is 128 cm³/mol. The Labute approximate surface area is 195 Å². The Balaban J connectivity index is 1.30. The van der Waals surface area contributed by atoms with E-state index in [1.807, 2.05) is 53.6 Å². The highest BCUT2D eigenvalue weighted by atomic mass is 35.5. The molecule has 1 aliphatic rings. The number of carbonyl (C=O) groups is 1. The number of aromatic nitrogens is 1. The van der Waals surface area contributed by atoms with Gasteiger partial charge in [-0.25, -0.2) is 4.98 Å². The zero-order chi connectivity index (χ0) is 21.6. The van der Waals surface area contributed by atoms with Gasteiger partial charge in [-0.05, 0) is 31.2 Å². The van der Waals surface area contributed by atoms with Gasteiger partial charge in [0.1, 0.15) is 12.4 Å². The molecule has 0 unspecified atom stereocenters. The van der Waals surface area contributed by atoms with E-state index >= 15 is 0 Å². The van der Waals surface area contributed by atoms with Crippen LogP contribution in [-0.4, -0.2) is 46.9 Å². The standard InChI is InChI=1S/C23H24ClN3O2S2/c1-17-25-19(16-30-17)15-29-21-5-3-2-4-18(21)6-9-23(28)27-12-10-26(11-13-27)14-20-7-8-22(24)31-20/h2-9,16H,10-15H2,1H3. The van der Waals surface area contributed by atoms with Gasteiger partial charge in [-0.1, -0.05) is 29.8 Å². The number of halogens is 1. The van der Waals surface area contributed by atoms with E-state index < -0.39 is 0 Å². The first-order valence-electron chi connectivity index (χ1n) is 10.1. The number of ether oxygens (including phenoxy) is 1. The molecule has 0 radical (unpaired) electrons. The monoisotopic (exact) mass is 473 g/mol. The maximum atomic E-state index is 12.7. The van der Waals surface area contributed by atoms with E-state index in [9.17, 15) is 4.79 Å². The minimum absolute atomic E-state index is 0.0312. The summed E-state index contributed by atoms with van der Waals surface area (Å²) in [6.45, 7) is 6.46. The quantitative estimate of drug-likeness (QED) is 0.448. The zero-order valence-electron chi connectivity index (χ0n) is 17.3. The van der Waals surface area contributed by atoms with Crippen LogP contribution in [0.15, 0.2) is 47.9 Å². The number of carbonyl (C=O) groups excluding carboxylic acids is 1. The summed E-state index contributed by atoms with van der Waals surface area (Å²) in [6, 6.07) is 11.8. The van der Waals surface area contributed by atoms with Crippen molar-refractivity contribution in [3.8, 4) is 5.75 Å². The molecule has 5 nitrogen and oxygen atoms in total. The van der Waals surface area contributed by atoms with Gasteiger partial charge in [-0.2, -0.15) is 0 Å². The van der Waals surface area contributed by atoms with Gasteiger partial charge in [0.25, 0.3) is 0 Å². The van der Waals surface area contributed by atoms with Gasteiger partial charge in [0.05, 0.1) is 15.0 Å². The van der Waals surface area contributed by atoms with Crippen molar-refractivity contribution in [2.24, 2.45) is 0 Å². The third kappa shape index (κ3) is 6.17. The van der Waals surface area contributed by atoms with Crippen LogP contribution in [0, 0.1) is 6.92 Å². The first-order valence-corrected chi connectivity index (χ1v) is 12.2. The molecule has 8 heteroatoms. The number of benzene rings is 1. The Bertz CT molecular complexity index is 1050. The molecule has 3 heterocycles. The second kappa shape index (κ2) is 10.4. The maximum absolute atomic E-state index is 12.7. The van der Waals surface area contributed by atoms with Crippen LogP contribution < -0.4 is 4.74 Å². The van der Waals surface area contributed by atoms with Gasteiger partial charge >= 0.3 is 0 Å². The van der Waals surface area contributed by atoms with Gasteiger partial charge in [0.15, 0.2) is 0 Å². The molecule has 2 aromatic heterocycles. The molecular formula is C23H24ClN3O2S2. The molecule has 0 bridgehead atoms. The van der Waals surface area contributed by atoms with Gasteiger partial charge in [0.2, 0.25) is 5.91 Å². The lowest BCUT2D eigenvalue weighted by Gasteiger charge is -2.34. The van der Waals surface area contributed by atoms with Crippen molar-refractivity contribution in [2.45, 2.75) is 20.1 Å². The minimum atomic E-state index is 0.0312. The predicted octanol–water partition coefficient (Wildman–Crippen LogP) is 5.10. The van der Waals surface area contributed by atoms with Crippen molar-refractivity contribution < 1.29 is 9.53 Å². The van der Waals surface area contributed by atoms with Gasteiger partial charge in [0, 0.05) is 54.6 Å². The molecule has 0 saturated carbocycles. The molecule has 3 aromatic rings. The van der Waals surface area contributed by atoms with E-state index in [-0.39, 0.29) is 5.91 Å². The molecule has 1 amide bonds. The molecule has 0 N–H and O–H groups in total. The highest BCUT2D eigenvalue weighted by molar-refractivity contribution is 7.16. The summed E-state index contributed by atoms with van der Waals surface area (Å²) >= 11 is 9.25. The Kier molecular flexibility index (Phi) is 7.40.